The third-order valence-corrected chi connectivity index (χ3v) is 5.95. The zero-order valence-electron chi connectivity index (χ0n) is 15.2. The van der Waals surface area contributed by atoms with Crippen LogP contribution in [-0.4, -0.2) is 57.7 Å². The number of anilines is 1. The van der Waals surface area contributed by atoms with Crippen LogP contribution >= 0.6 is 23.1 Å². The molecule has 146 valence electrons. The summed E-state index contributed by atoms with van der Waals surface area (Å²) in [6.45, 7) is 4.23. The lowest BCUT2D eigenvalue weighted by Crippen LogP contribution is -3.12. The molecule has 8 nitrogen and oxygen atoms in total. The summed E-state index contributed by atoms with van der Waals surface area (Å²) < 4.78 is 7.49. The molecule has 3 aromatic rings. The highest BCUT2D eigenvalue weighted by Gasteiger charge is 2.21. The lowest BCUT2D eigenvalue weighted by molar-refractivity contribution is -0.922. The molecule has 1 aliphatic rings. The molecule has 0 radical (unpaired) electrons. The molecule has 2 N–H and O–H groups in total. The second-order valence-corrected chi connectivity index (χ2v) is 8.12. The Morgan fingerprint density at radius 1 is 1.25 bits per heavy atom. The lowest BCUT2D eigenvalue weighted by atomic mass is 10.3. The molecule has 4 rings (SSSR count). The van der Waals surface area contributed by atoms with Crippen molar-refractivity contribution in [2.45, 2.75) is 11.7 Å². The highest BCUT2D eigenvalue weighted by atomic mass is 32.2. The number of nitrogens with one attached hydrogen (secondary N) is 2. The van der Waals surface area contributed by atoms with Crippen LogP contribution in [0.2, 0.25) is 0 Å². The van der Waals surface area contributed by atoms with E-state index in [1.165, 1.54) is 28.0 Å². The molecule has 1 fully saturated rings. The molecule has 3 heterocycles. The summed E-state index contributed by atoms with van der Waals surface area (Å²) in [5.41, 5.74) is 0.998. The van der Waals surface area contributed by atoms with Gasteiger partial charge in [-0.15, -0.1) is 21.5 Å². The number of thioether (sulfide) groups is 1. The molecule has 10 heteroatoms. The molecule has 0 atom stereocenters. The highest BCUT2D eigenvalue weighted by Crippen LogP contribution is 2.22. The van der Waals surface area contributed by atoms with Gasteiger partial charge in [0, 0.05) is 17.3 Å². The summed E-state index contributed by atoms with van der Waals surface area (Å²) in [6.07, 6.45) is 1.67. The van der Waals surface area contributed by atoms with E-state index in [9.17, 15) is 4.79 Å². The summed E-state index contributed by atoms with van der Waals surface area (Å²) in [6, 6.07) is 10.0. The predicted molar refractivity (Wildman–Crippen MR) is 108 cm³/mol. The molecule has 28 heavy (non-hydrogen) atoms. The van der Waals surface area contributed by atoms with Crippen molar-refractivity contribution in [1.82, 2.24) is 19.7 Å². The Morgan fingerprint density at radius 3 is 2.82 bits per heavy atom. The van der Waals surface area contributed by atoms with Crippen LogP contribution in [0.25, 0.3) is 5.69 Å². The zero-order valence-corrected chi connectivity index (χ0v) is 16.8. The van der Waals surface area contributed by atoms with Gasteiger partial charge in [-0.05, 0) is 12.1 Å². The maximum Gasteiger partial charge on any atom is 0.236 e. The fraction of sp³-hybridized carbons (Fsp3) is 0.333. The summed E-state index contributed by atoms with van der Waals surface area (Å²) in [5, 5.41) is 14.7. The van der Waals surface area contributed by atoms with Gasteiger partial charge in [-0.2, -0.15) is 0 Å². The molecule has 0 spiro atoms. The summed E-state index contributed by atoms with van der Waals surface area (Å²) >= 11 is 2.77. The summed E-state index contributed by atoms with van der Waals surface area (Å²) in [7, 11) is 0. The Balaban J connectivity index is 1.50. The van der Waals surface area contributed by atoms with Crippen LogP contribution < -0.4 is 10.2 Å². The SMILES string of the molecule is O=C(CSc1nnc(C[NH+]2CCOCC2)n1-c1ccccc1)Nc1nccs1. The van der Waals surface area contributed by atoms with E-state index in [0.29, 0.717) is 10.3 Å². The van der Waals surface area contributed by atoms with E-state index in [1.807, 2.05) is 40.3 Å². The molecule has 0 bridgehead atoms. The number of aromatic nitrogens is 4. The van der Waals surface area contributed by atoms with Gasteiger partial charge in [-0.1, -0.05) is 30.0 Å². The molecular weight excluding hydrogens is 396 g/mol. The van der Waals surface area contributed by atoms with Crippen molar-refractivity contribution in [3.05, 3.63) is 47.7 Å². The topological polar surface area (TPSA) is 86.4 Å². The summed E-state index contributed by atoms with van der Waals surface area (Å²) in [5.74, 6) is 1.03. The molecule has 1 aliphatic heterocycles. The third-order valence-electron chi connectivity index (χ3n) is 4.33. The van der Waals surface area contributed by atoms with E-state index >= 15 is 0 Å². The van der Waals surface area contributed by atoms with Gasteiger partial charge in [-0.25, -0.2) is 4.98 Å². The number of amides is 1. The number of para-hydroxylation sites is 1. The number of carbonyl (C=O) groups is 1. The normalized spacial score (nSPS) is 14.9. The number of quaternary nitrogens is 1. The van der Waals surface area contributed by atoms with E-state index in [-0.39, 0.29) is 11.7 Å². The number of hydrogen-bond acceptors (Lipinski definition) is 7. The maximum atomic E-state index is 12.2. The second-order valence-electron chi connectivity index (χ2n) is 6.28. The van der Waals surface area contributed by atoms with Crippen molar-refractivity contribution in [2.75, 3.05) is 37.4 Å². The number of hydrogen-bond donors (Lipinski definition) is 2. The van der Waals surface area contributed by atoms with Crippen molar-refractivity contribution < 1.29 is 14.4 Å². The van der Waals surface area contributed by atoms with Crippen LogP contribution in [0.4, 0.5) is 5.13 Å². The predicted octanol–water partition coefficient (Wildman–Crippen LogP) is 0.870. The van der Waals surface area contributed by atoms with Crippen molar-refractivity contribution in [1.29, 1.82) is 0 Å². The highest BCUT2D eigenvalue weighted by molar-refractivity contribution is 7.99. The van der Waals surface area contributed by atoms with Crippen molar-refractivity contribution in [3.8, 4) is 5.69 Å². The van der Waals surface area contributed by atoms with Gasteiger partial charge in [0.15, 0.2) is 16.1 Å². The average molecular weight is 418 g/mol. The van der Waals surface area contributed by atoms with Crippen LogP contribution in [0.15, 0.2) is 47.1 Å². The third kappa shape index (κ3) is 4.76. The molecule has 1 aromatic carbocycles. The minimum atomic E-state index is -0.108. The number of morpholine rings is 1. The van der Waals surface area contributed by atoms with E-state index < -0.39 is 0 Å². The quantitative estimate of drug-likeness (QED) is 0.555. The number of thiazole rings is 1. The van der Waals surface area contributed by atoms with Gasteiger partial charge < -0.3 is 15.0 Å². The molecule has 0 aliphatic carbocycles. The fourth-order valence-corrected chi connectivity index (χ4v) is 4.29. The molecule has 0 saturated carbocycles. The molecule has 1 amide bonds. The van der Waals surface area contributed by atoms with Gasteiger partial charge in [0.1, 0.15) is 19.6 Å². The Kier molecular flexibility index (Phi) is 6.32. The Bertz CT molecular complexity index is 894. The van der Waals surface area contributed by atoms with E-state index in [4.69, 9.17) is 4.74 Å². The Morgan fingerprint density at radius 2 is 2.07 bits per heavy atom. The number of nitrogens with zero attached hydrogens (tertiary/aromatic N) is 4. The number of rotatable bonds is 7. The monoisotopic (exact) mass is 417 g/mol. The Hall–Kier alpha value is -2.27. The van der Waals surface area contributed by atoms with Crippen LogP contribution in [0.3, 0.4) is 0 Å². The first-order chi connectivity index (χ1) is 13.8. The van der Waals surface area contributed by atoms with Crippen LogP contribution in [0, 0.1) is 0 Å². The summed E-state index contributed by atoms with van der Waals surface area (Å²) in [4.78, 5) is 17.7. The number of benzene rings is 1. The molecular formula is C18H21N6O2S2+. The average Bonchev–Trinajstić information content (AvgIpc) is 3.38. The largest absolute Gasteiger partial charge is 0.370 e. The lowest BCUT2D eigenvalue weighted by Gasteiger charge is -2.23. The van der Waals surface area contributed by atoms with Crippen LogP contribution in [0.1, 0.15) is 5.82 Å². The van der Waals surface area contributed by atoms with E-state index in [0.717, 1.165) is 44.4 Å². The van der Waals surface area contributed by atoms with Crippen molar-refractivity contribution in [3.63, 3.8) is 0 Å². The first-order valence-corrected chi connectivity index (χ1v) is 10.9. The van der Waals surface area contributed by atoms with Gasteiger partial charge in [0.05, 0.1) is 19.0 Å². The van der Waals surface area contributed by atoms with Crippen molar-refractivity contribution in [2.24, 2.45) is 0 Å². The molecule has 0 unspecified atom stereocenters. The van der Waals surface area contributed by atoms with Crippen LogP contribution in [0.5, 0.6) is 0 Å². The Labute approximate surface area is 170 Å². The number of carbonyl (C=O) groups excluding carboxylic acids is 1. The molecule has 2 aromatic heterocycles. The smallest absolute Gasteiger partial charge is 0.236 e. The first-order valence-electron chi connectivity index (χ1n) is 9.03. The molecule has 1 saturated heterocycles. The zero-order chi connectivity index (χ0) is 19.2. The minimum absolute atomic E-state index is 0.108. The first kappa shape index (κ1) is 19.1. The fourth-order valence-electron chi connectivity index (χ4n) is 2.98. The van der Waals surface area contributed by atoms with Crippen molar-refractivity contribution >= 4 is 34.1 Å². The van der Waals surface area contributed by atoms with E-state index in [2.05, 4.69) is 20.5 Å². The standard InChI is InChI=1S/C18H20N6O2S2/c25-16(20-17-19-6-11-27-17)13-28-18-22-21-15(12-23-7-9-26-10-8-23)24(18)14-4-2-1-3-5-14/h1-6,11H,7-10,12-13H2,(H,19,20,25)/p+1. The maximum absolute atomic E-state index is 12.2. The van der Waals surface area contributed by atoms with Gasteiger partial charge in [0.2, 0.25) is 5.91 Å². The second kappa shape index (κ2) is 9.28. The van der Waals surface area contributed by atoms with Gasteiger partial charge in [-0.3, -0.25) is 9.36 Å². The van der Waals surface area contributed by atoms with Crippen LogP contribution in [-0.2, 0) is 16.1 Å². The van der Waals surface area contributed by atoms with Gasteiger partial charge >= 0.3 is 0 Å². The minimum Gasteiger partial charge on any atom is -0.370 e. The number of ether oxygens (including phenoxy) is 1. The van der Waals surface area contributed by atoms with Gasteiger partial charge in [0.25, 0.3) is 0 Å². The van der Waals surface area contributed by atoms with E-state index in [1.54, 1.807) is 6.20 Å².